The van der Waals surface area contributed by atoms with Gasteiger partial charge in [0, 0.05) is 43.7 Å². The highest BCUT2D eigenvalue weighted by Crippen LogP contribution is 2.38. The molecule has 1 aromatic carbocycles. The number of aromatic nitrogens is 1. The molecule has 1 N–H and O–H groups in total. The number of benzene rings is 1. The lowest BCUT2D eigenvalue weighted by Gasteiger charge is -2.34. The van der Waals surface area contributed by atoms with Gasteiger partial charge in [-0.15, -0.1) is 22.7 Å². The van der Waals surface area contributed by atoms with E-state index in [1.54, 1.807) is 22.7 Å². The Bertz CT molecular complexity index is 1070. The fourth-order valence-corrected chi connectivity index (χ4v) is 5.50. The second-order valence-corrected chi connectivity index (χ2v) is 9.94. The van der Waals surface area contributed by atoms with Crippen LogP contribution in [0.4, 0.5) is 0 Å². The molecule has 0 saturated carbocycles. The standard InChI is InChI=1S/C21H26N4O3S2/c1-13(2)22-18(26)11-24-5-7-25(8-6-24)19(27)12-28-16-10-17-20(23-14(3)30-17)21-15(16)4-9-29-21/h4,9-10,13H,5-8,11-12H2,1-3H3,(H,22,26). The summed E-state index contributed by atoms with van der Waals surface area (Å²) in [4.78, 5) is 33.1. The van der Waals surface area contributed by atoms with Gasteiger partial charge in [0.05, 0.1) is 26.5 Å². The molecule has 0 atom stereocenters. The number of rotatable bonds is 6. The Kier molecular flexibility index (Phi) is 6.21. The number of carbonyl (C=O) groups is 2. The third-order valence-electron chi connectivity index (χ3n) is 5.06. The van der Waals surface area contributed by atoms with Crippen LogP contribution in [-0.2, 0) is 9.59 Å². The van der Waals surface area contributed by atoms with Crippen molar-refractivity contribution in [3.63, 3.8) is 0 Å². The van der Waals surface area contributed by atoms with Crippen molar-refractivity contribution in [3.05, 3.63) is 22.5 Å². The fraction of sp³-hybridized carbons (Fsp3) is 0.476. The summed E-state index contributed by atoms with van der Waals surface area (Å²) in [5.74, 6) is 0.742. The molecule has 0 unspecified atom stereocenters. The minimum absolute atomic E-state index is 0.0159. The number of carbonyl (C=O) groups excluding carboxylic acids is 2. The van der Waals surface area contributed by atoms with Crippen molar-refractivity contribution in [1.29, 1.82) is 0 Å². The van der Waals surface area contributed by atoms with E-state index in [0.29, 0.717) is 32.7 Å². The fourth-order valence-electron chi connectivity index (χ4n) is 3.66. The molecule has 2 aromatic heterocycles. The van der Waals surface area contributed by atoms with Gasteiger partial charge in [0.15, 0.2) is 6.61 Å². The van der Waals surface area contributed by atoms with Gasteiger partial charge in [-0.25, -0.2) is 4.98 Å². The molecule has 2 amide bonds. The van der Waals surface area contributed by atoms with Crippen LogP contribution in [0.15, 0.2) is 17.5 Å². The van der Waals surface area contributed by atoms with Crippen molar-refractivity contribution in [2.45, 2.75) is 26.8 Å². The molecule has 0 aliphatic carbocycles. The summed E-state index contributed by atoms with van der Waals surface area (Å²) < 4.78 is 8.15. The van der Waals surface area contributed by atoms with Crippen LogP contribution in [0.2, 0.25) is 0 Å². The van der Waals surface area contributed by atoms with E-state index in [2.05, 4.69) is 15.2 Å². The molecule has 0 spiro atoms. The molecule has 7 nitrogen and oxygen atoms in total. The molecule has 1 aliphatic heterocycles. The highest BCUT2D eigenvalue weighted by molar-refractivity contribution is 7.21. The van der Waals surface area contributed by atoms with Crippen molar-refractivity contribution >= 4 is 54.8 Å². The number of ether oxygens (including phenoxy) is 1. The summed E-state index contributed by atoms with van der Waals surface area (Å²) in [6, 6.07) is 4.16. The molecule has 0 radical (unpaired) electrons. The van der Waals surface area contributed by atoms with Crippen LogP contribution in [0.3, 0.4) is 0 Å². The van der Waals surface area contributed by atoms with Gasteiger partial charge in [0.25, 0.3) is 5.91 Å². The predicted octanol–water partition coefficient (Wildman–Crippen LogP) is 2.87. The summed E-state index contributed by atoms with van der Waals surface area (Å²) in [7, 11) is 0. The van der Waals surface area contributed by atoms with Crippen molar-refractivity contribution < 1.29 is 14.3 Å². The second-order valence-electron chi connectivity index (χ2n) is 7.79. The molecule has 3 aromatic rings. The van der Waals surface area contributed by atoms with E-state index in [0.717, 1.165) is 31.1 Å². The summed E-state index contributed by atoms with van der Waals surface area (Å²) >= 11 is 3.28. The molecule has 1 saturated heterocycles. The normalized spacial score (nSPS) is 15.3. The van der Waals surface area contributed by atoms with E-state index in [9.17, 15) is 9.59 Å². The smallest absolute Gasteiger partial charge is 0.260 e. The van der Waals surface area contributed by atoms with Crippen molar-refractivity contribution in [1.82, 2.24) is 20.1 Å². The Morgan fingerprint density at radius 1 is 1.27 bits per heavy atom. The van der Waals surface area contributed by atoms with E-state index >= 15 is 0 Å². The third kappa shape index (κ3) is 4.58. The summed E-state index contributed by atoms with van der Waals surface area (Å²) in [6.45, 7) is 8.90. The van der Waals surface area contributed by atoms with Crippen LogP contribution in [0.25, 0.3) is 20.3 Å². The van der Waals surface area contributed by atoms with Crippen LogP contribution >= 0.6 is 22.7 Å². The molecular formula is C21H26N4O3S2. The number of hydrogen-bond acceptors (Lipinski definition) is 7. The average molecular weight is 447 g/mol. The van der Waals surface area contributed by atoms with Crippen LogP contribution in [0.1, 0.15) is 18.9 Å². The van der Waals surface area contributed by atoms with Gasteiger partial charge in [-0.05, 0) is 32.2 Å². The molecule has 30 heavy (non-hydrogen) atoms. The summed E-state index contributed by atoms with van der Waals surface area (Å²) in [5.41, 5.74) is 1.01. The number of fused-ring (bicyclic) bond motifs is 3. The first-order chi connectivity index (χ1) is 14.4. The molecule has 4 rings (SSSR count). The number of nitrogens with one attached hydrogen (secondary N) is 1. The largest absolute Gasteiger partial charge is 0.483 e. The highest BCUT2D eigenvalue weighted by atomic mass is 32.1. The first kappa shape index (κ1) is 21.0. The predicted molar refractivity (Wildman–Crippen MR) is 122 cm³/mol. The molecule has 0 bridgehead atoms. The minimum atomic E-state index is -0.0229. The third-order valence-corrected chi connectivity index (χ3v) is 6.90. The average Bonchev–Trinajstić information content (AvgIpc) is 3.31. The zero-order valence-corrected chi connectivity index (χ0v) is 19.1. The van der Waals surface area contributed by atoms with Crippen LogP contribution in [-0.4, -0.2) is 72.0 Å². The monoisotopic (exact) mass is 446 g/mol. The van der Waals surface area contributed by atoms with E-state index in [-0.39, 0.29) is 24.5 Å². The Hall–Kier alpha value is -2.23. The number of amides is 2. The van der Waals surface area contributed by atoms with Crippen LogP contribution in [0, 0.1) is 6.92 Å². The van der Waals surface area contributed by atoms with Gasteiger partial charge in [0.2, 0.25) is 5.91 Å². The molecule has 160 valence electrons. The Balaban J connectivity index is 1.34. The first-order valence-electron chi connectivity index (χ1n) is 10.1. The Labute approximate surface area is 183 Å². The lowest BCUT2D eigenvalue weighted by molar-refractivity contribution is -0.135. The van der Waals surface area contributed by atoms with Crippen molar-refractivity contribution in [3.8, 4) is 5.75 Å². The quantitative estimate of drug-likeness (QED) is 0.630. The maximum Gasteiger partial charge on any atom is 0.260 e. The number of thiazole rings is 1. The van der Waals surface area contributed by atoms with Crippen LogP contribution in [0.5, 0.6) is 5.75 Å². The maximum atomic E-state index is 12.7. The Morgan fingerprint density at radius 2 is 2.03 bits per heavy atom. The number of nitrogens with zero attached hydrogens (tertiary/aromatic N) is 3. The number of thiophene rings is 1. The molecular weight excluding hydrogens is 420 g/mol. The number of hydrogen-bond donors (Lipinski definition) is 1. The maximum absolute atomic E-state index is 12.7. The van der Waals surface area contributed by atoms with Gasteiger partial charge in [0.1, 0.15) is 5.75 Å². The first-order valence-corrected chi connectivity index (χ1v) is 11.8. The van der Waals surface area contributed by atoms with Gasteiger partial charge in [-0.2, -0.15) is 0 Å². The lowest BCUT2D eigenvalue weighted by atomic mass is 10.2. The molecule has 3 heterocycles. The van der Waals surface area contributed by atoms with E-state index in [4.69, 9.17) is 4.74 Å². The van der Waals surface area contributed by atoms with E-state index in [1.807, 2.05) is 43.2 Å². The highest BCUT2D eigenvalue weighted by Gasteiger charge is 2.23. The number of piperazine rings is 1. The topological polar surface area (TPSA) is 74.8 Å². The summed E-state index contributed by atoms with van der Waals surface area (Å²) in [6.07, 6.45) is 0. The zero-order chi connectivity index (χ0) is 21.3. The van der Waals surface area contributed by atoms with Crippen molar-refractivity contribution in [2.24, 2.45) is 0 Å². The van der Waals surface area contributed by atoms with Crippen LogP contribution < -0.4 is 10.1 Å². The Morgan fingerprint density at radius 3 is 2.77 bits per heavy atom. The minimum Gasteiger partial charge on any atom is -0.483 e. The van der Waals surface area contributed by atoms with E-state index < -0.39 is 0 Å². The molecule has 1 aliphatic rings. The van der Waals surface area contributed by atoms with Gasteiger partial charge < -0.3 is 15.0 Å². The number of aryl methyl sites for hydroxylation is 1. The lowest BCUT2D eigenvalue weighted by Crippen LogP contribution is -2.52. The van der Waals surface area contributed by atoms with E-state index in [1.165, 1.54) is 0 Å². The molecule has 9 heteroatoms. The summed E-state index contributed by atoms with van der Waals surface area (Å²) in [5, 5.41) is 6.96. The second kappa shape index (κ2) is 8.87. The van der Waals surface area contributed by atoms with Gasteiger partial charge in [-0.3, -0.25) is 14.5 Å². The SMILES string of the molecule is Cc1nc2c(cc(OCC(=O)N3CCN(CC(=O)NC(C)C)CC3)c3ccsc32)s1. The molecule has 1 fully saturated rings. The van der Waals surface area contributed by atoms with Gasteiger partial charge in [-0.1, -0.05) is 0 Å². The van der Waals surface area contributed by atoms with Crippen molar-refractivity contribution in [2.75, 3.05) is 39.3 Å². The zero-order valence-electron chi connectivity index (χ0n) is 17.4. The van der Waals surface area contributed by atoms with Gasteiger partial charge >= 0.3 is 0 Å².